The molecule has 12 heavy (non-hydrogen) atoms. The summed E-state index contributed by atoms with van der Waals surface area (Å²) in [7, 11) is 0. The Bertz CT molecular complexity index is 84.5. The van der Waals surface area contributed by atoms with E-state index in [0.29, 0.717) is 0 Å². The van der Waals surface area contributed by atoms with Gasteiger partial charge in [0.15, 0.2) is 0 Å². The van der Waals surface area contributed by atoms with Gasteiger partial charge in [-0.25, -0.2) is 0 Å². The van der Waals surface area contributed by atoms with E-state index in [2.05, 4.69) is 6.92 Å². The van der Waals surface area contributed by atoms with Crippen molar-refractivity contribution in [3.63, 3.8) is 0 Å². The summed E-state index contributed by atoms with van der Waals surface area (Å²) >= 11 is 0. The van der Waals surface area contributed by atoms with Gasteiger partial charge in [-0.1, -0.05) is 32.6 Å². The predicted molar refractivity (Wildman–Crippen MR) is 51.1 cm³/mol. The molecule has 0 atom stereocenters. The molecule has 0 spiro atoms. The van der Waals surface area contributed by atoms with Crippen LogP contribution in [0.3, 0.4) is 0 Å². The molecule has 0 aliphatic rings. The van der Waals surface area contributed by atoms with Crippen molar-refractivity contribution in [3.8, 4) is 0 Å². The van der Waals surface area contributed by atoms with Crippen LogP contribution in [0.1, 0.15) is 46.0 Å². The molecule has 0 radical (unpaired) electrons. The first kappa shape index (κ1) is 14.0. The first-order valence-corrected chi connectivity index (χ1v) is 4.54. The Morgan fingerprint density at radius 2 is 1.67 bits per heavy atom. The highest BCUT2D eigenvalue weighted by Gasteiger charge is 1.83. The number of aliphatic carboxylic acids is 1. The Hall–Kier alpha value is -0.570. The summed E-state index contributed by atoms with van der Waals surface area (Å²) in [5.74, 6) is -0.833. The smallest absolute Gasteiger partial charge is 0.300 e. The molecular formula is C9H21NO2. The van der Waals surface area contributed by atoms with Gasteiger partial charge in [0.2, 0.25) is 0 Å². The third-order valence-corrected chi connectivity index (χ3v) is 1.31. The maximum Gasteiger partial charge on any atom is 0.300 e. The number of rotatable bonds is 5. The van der Waals surface area contributed by atoms with Crippen molar-refractivity contribution in [2.24, 2.45) is 5.73 Å². The highest BCUT2D eigenvalue weighted by Crippen LogP contribution is 2.00. The molecule has 0 aromatic heterocycles. The van der Waals surface area contributed by atoms with Crippen LogP contribution in [0.4, 0.5) is 0 Å². The van der Waals surface area contributed by atoms with Gasteiger partial charge in [0.05, 0.1) is 0 Å². The Labute approximate surface area is 75.0 Å². The van der Waals surface area contributed by atoms with E-state index >= 15 is 0 Å². The zero-order chi connectivity index (χ0) is 9.82. The lowest BCUT2D eigenvalue weighted by Crippen LogP contribution is -1.97. The molecule has 0 rings (SSSR count). The number of carboxylic acids is 1. The minimum absolute atomic E-state index is 0.833. The molecule has 3 nitrogen and oxygen atoms in total. The van der Waals surface area contributed by atoms with Crippen molar-refractivity contribution >= 4 is 5.97 Å². The minimum Gasteiger partial charge on any atom is -0.481 e. The third-order valence-electron chi connectivity index (χ3n) is 1.31. The molecule has 0 amide bonds. The van der Waals surface area contributed by atoms with Gasteiger partial charge in [0.1, 0.15) is 0 Å². The molecule has 3 N–H and O–H groups in total. The highest BCUT2D eigenvalue weighted by molar-refractivity contribution is 5.62. The topological polar surface area (TPSA) is 63.3 Å². The second-order valence-electron chi connectivity index (χ2n) is 2.72. The normalized spacial score (nSPS) is 8.58. The van der Waals surface area contributed by atoms with E-state index in [1.165, 1.54) is 32.1 Å². The van der Waals surface area contributed by atoms with E-state index in [9.17, 15) is 0 Å². The van der Waals surface area contributed by atoms with Crippen LogP contribution in [0.5, 0.6) is 0 Å². The molecular weight excluding hydrogens is 154 g/mol. The van der Waals surface area contributed by atoms with Crippen LogP contribution in [-0.2, 0) is 4.79 Å². The molecule has 3 heteroatoms. The van der Waals surface area contributed by atoms with E-state index < -0.39 is 5.97 Å². The van der Waals surface area contributed by atoms with Crippen LogP contribution in [0.15, 0.2) is 0 Å². The van der Waals surface area contributed by atoms with Crippen molar-refractivity contribution < 1.29 is 9.90 Å². The summed E-state index contributed by atoms with van der Waals surface area (Å²) in [5, 5.41) is 7.42. The second kappa shape index (κ2) is 13.1. The lowest BCUT2D eigenvalue weighted by atomic mass is 10.2. The molecule has 0 aliphatic carbocycles. The average Bonchev–Trinajstić information content (AvgIpc) is 1.97. The molecule has 0 unspecified atom stereocenters. The molecule has 0 saturated carbocycles. The summed E-state index contributed by atoms with van der Waals surface area (Å²) in [5.41, 5.74) is 5.31. The summed E-state index contributed by atoms with van der Waals surface area (Å²) in [6.45, 7) is 4.17. The van der Waals surface area contributed by atoms with Gasteiger partial charge in [-0.3, -0.25) is 4.79 Å². The molecule has 0 aliphatic heterocycles. The van der Waals surface area contributed by atoms with E-state index in [4.69, 9.17) is 15.6 Å². The lowest BCUT2D eigenvalue weighted by molar-refractivity contribution is -0.134. The number of hydrogen-bond donors (Lipinski definition) is 2. The lowest BCUT2D eigenvalue weighted by Gasteiger charge is -1.93. The molecule has 0 heterocycles. The fraction of sp³-hybridized carbons (Fsp3) is 0.889. The Morgan fingerprint density at radius 3 is 2.00 bits per heavy atom. The van der Waals surface area contributed by atoms with Crippen LogP contribution in [-0.4, -0.2) is 17.6 Å². The molecule has 74 valence electrons. The largest absolute Gasteiger partial charge is 0.481 e. The second-order valence-corrected chi connectivity index (χ2v) is 2.72. The minimum atomic E-state index is -0.833. The summed E-state index contributed by atoms with van der Waals surface area (Å²) < 4.78 is 0. The molecule has 0 aromatic carbocycles. The van der Waals surface area contributed by atoms with Crippen LogP contribution in [0, 0.1) is 0 Å². The van der Waals surface area contributed by atoms with E-state index in [0.717, 1.165) is 13.5 Å². The monoisotopic (exact) mass is 175 g/mol. The predicted octanol–water partition coefficient (Wildman–Crippen LogP) is 2.01. The third kappa shape index (κ3) is 34.1. The van der Waals surface area contributed by atoms with Crippen LogP contribution >= 0.6 is 0 Å². The Morgan fingerprint density at radius 1 is 1.25 bits per heavy atom. The van der Waals surface area contributed by atoms with Gasteiger partial charge < -0.3 is 10.8 Å². The molecule has 0 saturated heterocycles. The zero-order valence-electron chi connectivity index (χ0n) is 8.18. The number of carboxylic acid groups (broad SMARTS) is 1. The van der Waals surface area contributed by atoms with E-state index in [-0.39, 0.29) is 0 Å². The van der Waals surface area contributed by atoms with Crippen molar-refractivity contribution in [1.82, 2.24) is 0 Å². The van der Waals surface area contributed by atoms with Crippen molar-refractivity contribution in [3.05, 3.63) is 0 Å². The summed E-state index contributed by atoms with van der Waals surface area (Å²) in [4.78, 5) is 9.00. The quantitative estimate of drug-likeness (QED) is 0.628. The van der Waals surface area contributed by atoms with Gasteiger partial charge in [-0.05, 0) is 13.0 Å². The number of hydrogen-bond acceptors (Lipinski definition) is 2. The fourth-order valence-corrected chi connectivity index (χ4v) is 0.748. The summed E-state index contributed by atoms with van der Waals surface area (Å²) in [6, 6.07) is 0. The first-order valence-electron chi connectivity index (χ1n) is 4.54. The van der Waals surface area contributed by atoms with E-state index in [1.54, 1.807) is 0 Å². The maximum atomic E-state index is 9.00. The van der Waals surface area contributed by atoms with Crippen molar-refractivity contribution in [1.29, 1.82) is 0 Å². The van der Waals surface area contributed by atoms with Gasteiger partial charge in [-0.15, -0.1) is 0 Å². The van der Waals surface area contributed by atoms with Crippen LogP contribution in [0.2, 0.25) is 0 Å². The average molecular weight is 175 g/mol. The Kier molecular flexibility index (Phi) is 15.2. The highest BCUT2D eigenvalue weighted by atomic mass is 16.4. The molecule has 0 bridgehead atoms. The van der Waals surface area contributed by atoms with Gasteiger partial charge in [0, 0.05) is 6.92 Å². The van der Waals surface area contributed by atoms with Crippen LogP contribution < -0.4 is 5.73 Å². The standard InChI is InChI=1S/C7H17N.C2H4O2/c1-2-3-4-5-6-7-8;1-2(3)4/h2-8H2,1H3;1H3,(H,3,4). The molecule has 0 aromatic rings. The fourth-order valence-electron chi connectivity index (χ4n) is 0.748. The van der Waals surface area contributed by atoms with Crippen molar-refractivity contribution in [2.45, 2.75) is 46.0 Å². The van der Waals surface area contributed by atoms with Gasteiger partial charge in [-0.2, -0.15) is 0 Å². The van der Waals surface area contributed by atoms with Crippen LogP contribution in [0.25, 0.3) is 0 Å². The number of unbranched alkanes of at least 4 members (excludes halogenated alkanes) is 4. The van der Waals surface area contributed by atoms with Gasteiger partial charge >= 0.3 is 0 Å². The van der Waals surface area contributed by atoms with E-state index in [1.807, 2.05) is 0 Å². The zero-order valence-corrected chi connectivity index (χ0v) is 8.18. The van der Waals surface area contributed by atoms with Crippen molar-refractivity contribution in [2.75, 3.05) is 6.54 Å². The maximum absolute atomic E-state index is 9.00. The summed E-state index contributed by atoms with van der Waals surface area (Å²) in [6.07, 6.45) is 6.60. The molecule has 0 fully saturated rings. The Balaban J connectivity index is 0. The number of nitrogens with two attached hydrogens (primary N) is 1. The van der Waals surface area contributed by atoms with Gasteiger partial charge in [0.25, 0.3) is 5.97 Å². The first-order chi connectivity index (χ1) is 5.65. The SMILES string of the molecule is CC(=O)O.CCCCCCCN. The number of carbonyl (C=O) groups is 1.